The standard InChI is InChI=1S/C15H16F2N2O3/c1-9(22-14(20)10-6-7-21-8-10)13-18-11-4-2-3-5-12(11)19(13)15(16)17/h2-5,9-10,15H,6-8H2,1H3. The Morgan fingerprint density at radius 3 is 2.91 bits per heavy atom. The molecule has 1 aromatic heterocycles. The predicted molar refractivity (Wildman–Crippen MR) is 74.4 cm³/mol. The van der Waals surface area contributed by atoms with E-state index in [1.54, 1.807) is 31.2 Å². The highest BCUT2D eigenvalue weighted by Crippen LogP contribution is 2.29. The van der Waals surface area contributed by atoms with Gasteiger partial charge in [0.15, 0.2) is 11.9 Å². The average molecular weight is 310 g/mol. The van der Waals surface area contributed by atoms with Crippen molar-refractivity contribution in [1.29, 1.82) is 0 Å². The summed E-state index contributed by atoms with van der Waals surface area (Å²) in [7, 11) is 0. The summed E-state index contributed by atoms with van der Waals surface area (Å²) in [6.07, 6.45) is -0.258. The van der Waals surface area contributed by atoms with Crippen LogP contribution in [0.25, 0.3) is 11.0 Å². The van der Waals surface area contributed by atoms with E-state index in [-0.39, 0.29) is 11.7 Å². The quantitative estimate of drug-likeness (QED) is 0.814. The van der Waals surface area contributed by atoms with E-state index in [2.05, 4.69) is 4.98 Å². The normalized spacial score (nSPS) is 19.7. The maximum Gasteiger partial charge on any atom is 0.320 e. The molecule has 0 saturated carbocycles. The van der Waals surface area contributed by atoms with Crippen LogP contribution in [0.15, 0.2) is 24.3 Å². The molecule has 22 heavy (non-hydrogen) atoms. The number of ether oxygens (including phenoxy) is 2. The van der Waals surface area contributed by atoms with Crippen LogP contribution in [0, 0.1) is 5.92 Å². The molecule has 5 nitrogen and oxygen atoms in total. The largest absolute Gasteiger partial charge is 0.454 e. The smallest absolute Gasteiger partial charge is 0.320 e. The maximum atomic E-state index is 13.4. The van der Waals surface area contributed by atoms with E-state index >= 15 is 0 Å². The predicted octanol–water partition coefficient (Wildman–Crippen LogP) is 3.07. The van der Waals surface area contributed by atoms with Gasteiger partial charge < -0.3 is 9.47 Å². The Labute approximate surface area is 125 Å². The third-order valence-electron chi connectivity index (χ3n) is 3.74. The van der Waals surface area contributed by atoms with Crippen molar-refractivity contribution in [1.82, 2.24) is 9.55 Å². The molecule has 2 aromatic rings. The Morgan fingerprint density at radius 2 is 2.23 bits per heavy atom. The number of carbonyl (C=O) groups excluding carboxylic acids is 1. The number of aromatic nitrogens is 2. The van der Waals surface area contributed by atoms with Crippen LogP contribution in [0.4, 0.5) is 8.78 Å². The zero-order chi connectivity index (χ0) is 15.7. The topological polar surface area (TPSA) is 53.4 Å². The molecule has 0 amide bonds. The first-order valence-corrected chi connectivity index (χ1v) is 7.11. The molecule has 1 saturated heterocycles. The first kappa shape index (κ1) is 14.9. The number of alkyl halides is 2. The van der Waals surface area contributed by atoms with Crippen molar-refractivity contribution in [3.8, 4) is 0 Å². The summed E-state index contributed by atoms with van der Waals surface area (Å²) in [4.78, 5) is 16.2. The zero-order valence-corrected chi connectivity index (χ0v) is 12.0. The Bertz CT molecular complexity index is 680. The van der Waals surface area contributed by atoms with Gasteiger partial charge in [-0.1, -0.05) is 12.1 Å². The highest BCUT2D eigenvalue weighted by molar-refractivity contribution is 5.76. The van der Waals surface area contributed by atoms with Crippen LogP contribution in [0.2, 0.25) is 0 Å². The van der Waals surface area contributed by atoms with Gasteiger partial charge in [0, 0.05) is 6.61 Å². The van der Waals surface area contributed by atoms with Gasteiger partial charge in [-0.05, 0) is 25.5 Å². The van der Waals surface area contributed by atoms with Crippen molar-refractivity contribution in [3.63, 3.8) is 0 Å². The van der Waals surface area contributed by atoms with Gasteiger partial charge in [0.25, 0.3) is 0 Å². The second kappa shape index (κ2) is 6.00. The van der Waals surface area contributed by atoms with E-state index in [9.17, 15) is 13.6 Å². The lowest BCUT2D eigenvalue weighted by molar-refractivity contribution is -0.154. The molecule has 1 aliphatic rings. The lowest BCUT2D eigenvalue weighted by atomic mass is 10.1. The zero-order valence-electron chi connectivity index (χ0n) is 12.0. The summed E-state index contributed by atoms with van der Waals surface area (Å²) in [6.45, 7) is -0.368. The van der Waals surface area contributed by atoms with E-state index in [0.717, 1.165) is 4.57 Å². The summed E-state index contributed by atoms with van der Waals surface area (Å²) in [6, 6.07) is 6.61. The molecule has 0 spiro atoms. The molecule has 0 N–H and O–H groups in total. The molecule has 2 heterocycles. The number of hydrogen-bond acceptors (Lipinski definition) is 4. The minimum absolute atomic E-state index is 0.0449. The van der Waals surface area contributed by atoms with Crippen molar-refractivity contribution in [2.24, 2.45) is 5.92 Å². The van der Waals surface area contributed by atoms with Gasteiger partial charge in [-0.25, -0.2) is 4.98 Å². The molecular formula is C15H16F2N2O3. The monoisotopic (exact) mass is 310 g/mol. The van der Waals surface area contributed by atoms with Gasteiger partial charge >= 0.3 is 12.5 Å². The number of halogens is 2. The number of nitrogens with zero attached hydrogens (tertiary/aromatic N) is 2. The number of fused-ring (bicyclic) bond motifs is 1. The third kappa shape index (κ3) is 2.68. The van der Waals surface area contributed by atoms with Gasteiger partial charge in [0.2, 0.25) is 0 Å². The lowest BCUT2D eigenvalue weighted by Crippen LogP contribution is -2.21. The minimum atomic E-state index is -2.75. The Morgan fingerprint density at radius 1 is 1.45 bits per heavy atom. The van der Waals surface area contributed by atoms with Crippen LogP contribution in [0.3, 0.4) is 0 Å². The van der Waals surface area contributed by atoms with Crippen LogP contribution >= 0.6 is 0 Å². The average Bonchev–Trinajstić information content (AvgIpc) is 3.14. The fraction of sp³-hybridized carbons (Fsp3) is 0.467. The molecule has 1 aliphatic heterocycles. The van der Waals surface area contributed by atoms with Crippen LogP contribution in [-0.2, 0) is 14.3 Å². The molecule has 1 fully saturated rings. The molecule has 3 rings (SSSR count). The Kier molecular flexibility index (Phi) is 4.06. The molecule has 0 bridgehead atoms. The van der Waals surface area contributed by atoms with Crippen LogP contribution in [0.1, 0.15) is 31.8 Å². The molecule has 2 unspecified atom stereocenters. The number of para-hydroxylation sites is 2. The fourth-order valence-corrected chi connectivity index (χ4v) is 2.60. The number of hydrogen-bond donors (Lipinski definition) is 0. The number of esters is 1. The Balaban J connectivity index is 1.88. The molecule has 0 radical (unpaired) electrons. The summed E-state index contributed by atoms with van der Waals surface area (Å²) >= 11 is 0. The SMILES string of the molecule is CC(OC(=O)C1CCOC1)c1nc2ccccc2n1C(F)F. The second-order valence-corrected chi connectivity index (χ2v) is 5.25. The summed E-state index contributed by atoms with van der Waals surface area (Å²) in [5, 5.41) is 0. The summed E-state index contributed by atoms with van der Waals surface area (Å²) in [5.41, 5.74) is 0.768. The van der Waals surface area contributed by atoms with Crippen molar-refractivity contribution in [3.05, 3.63) is 30.1 Å². The molecule has 0 aliphatic carbocycles. The number of benzene rings is 1. The van der Waals surface area contributed by atoms with Gasteiger partial charge in [-0.2, -0.15) is 8.78 Å². The Hall–Kier alpha value is -2.02. The van der Waals surface area contributed by atoms with Crippen molar-refractivity contribution >= 4 is 17.0 Å². The van der Waals surface area contributed by atoms with Gasteiger partial charge in [-0.3, -0.25) is 9.36 Å². The molecular weight excluding hydrogens is 294 g/mol. The minimum Gasteiger partial charge on any atom is -0.454 e. The van der Waals surface area contributed by atoms with E-state index < -0.39 is 18.6 Å². The van der Waals surface area contributed by atoms with E-state index in [1.165, 1.54) is 0 Å². The van der Waals surface area contributed by atoms with Crippen molar-refractivity contribution in [2.45, 2.75) is 26.0 Å². The van der Waals surface area contributed by atoms with Gasteiger partial charge in [-0.15, -0.1) is 0 Å². The third-order valence-corrected chi connectivity index (χ3v) is 3.74. The van der Waals surface area contributed by atoms with Crippen LogP contribution in [0.5, 0.6) is 0 Å². The van der Waals surface area contributed by atoms with Crippen LogP contribution < -0.4 is 0 Å². The lowest BCUT2D eigenvalue weighted by Gasteiger charge is -2.16. The molecule has 118 valence electrons. The molecule has 1 aromatic carbocycles. The van der Waals surface area contributed by atoms with E-state index in [1.807, 2.05) is 0 Å². The first-order chi connectivity index (χ1) is 10.6. The number of rotatable bonds is 4. The maximum absolute atomic E-state index is 13.4. The van der Waals surface area contributed by atoms with Crippen LogP contribution in [-0.4, -0.2) is 28.7 Å². The number of imidazole rings is 1. The molecule has 2 atom stereocenters. The van der Waals surface area contributed by atoms with Gasteiger partial charge in [0.1, 0.15) is 0 Å². The fourth-order valence-electron chi connectivity index (χ4n) is 2.60. The molecule has 7 heteroatoms. The van der Waals surface area contributed by atoms with Crippen molar-refractivity contribution < 1.29 is 23.0 Å². The second-order valence-electron chi connectivity index (χ2n) is 5.25. The van der Waals surface area contributed by atoms with E-state index in [0.29, 0.717) is 30.7 Å². The van der Waals surface area contributed by atoms with Gasteiger partial charge in [0.05, 0.1) is 23.6 Å². The van der Waals surface area contributed by atoms with E-state index in [4.69, 9.17) is 9.47 Å². The highest BCUT2D eigenvalue weighted by atomic mass is 19.3. The summed E-state index contributed by atoms with van der Waals surface area (Å²) in [5.74, 6) is -0.715. The highest BCUT2D eigenvalue weighted by Gasteiger charge is 2.29. The van der Waals surface area contributed by atoms with Crippen molar-refractivity contribution in [2.75, 3.05) is 13.2 Å². The summed E-state index contributed by atoms with van der Waals surface area (Å²) < 4.78 is 37.9. The first-order valence-electron chi connectivity index (χ1n) is 7.11. The number of carbonyl (C=O) groups is 1.